The second-order valence-corrected chi connectivity index (χ2v) is 11.9. The van der Waals surface area contributed by atoms with Crippen molar-refractivity contribution in [3.8, 4) is 0 Å². The molecule has 0 spiro atoms. The van der Waals surface area contributed by atoms with Gasteiger partial charge < -0.3 is 10.2 Å². The molecule has 0 aromatic heterocycles. The van der Waals surface area contributed by atoms with E-state index in [2.05, 4.69) is 5.32 Å². The fraction of sp³-hybridized carbons (Fsp3) is 0.462. The van der Waals surface area contributed by atoms with Gasteiger partial charge >= 0.3 is 0 Å². The first-order chi connectivity index (χ1) is 16.6. The Labute approximate surface area is 205 Å². The summed E-state index contributed by atoms with van der Waals surface area (Å²) in [6, 6.07) is 9.29. The van der Waals surface area contributed by atoms with E-state index in [-0.39, 0.29) is 53.5 Å². The van der Waals surface area contributed by atoms with Crippen LogP contribution < -0.4 is 10.2 Å². The summed E-state index contributed by atoms with van der Waals surface area (Å²) in [7, 11) is -3.71. The van der Waals surface area contributed by atoms with Gasteiger partial charge in [0.05, 0.1) is 4.90 Å². The monoisotopic (exact) mass is 499 g/mol. The van der Waals surface area contributed by atoms with E-state index >= 15 is 0 Å². The number of carbonyl (C=O) groups excluding carboxylic acids is 2. The van der Waals surface area contributed by atoms with E-state index in [4.69, 9.17) is 0 Å². The van der Waals surface area contributed by atoms with E-state index in [0.29, 0.717) is 30.5 Å². The number of hydrogen-bond donors (Lipinski definition) is 1. The molecular weight excluding hydrogens is 469 g/mol. The van der Waals surface area contributed by atoms with Crippen LogP contribution in [0.2, 0.25) is 0 Å². The minimum Gasteiger partial charge on any atom is -0.326 e. The summed E-state index contributed by atoms with van der Waals surface area (Å²) in [6.07, 6.45) is 3.33. The summed E-state index contributed by atoms with van der Waals surface area (Å²) in [5, 5.41) is 2.84. The van der Waals surface area contributed by atoms with Crippen LogP contribution in [0.1, 0.15) is 43.7 Å². The normalized spacial score (nSPS) is 21.1. The predicted octanol–water partition coefficient (Wildman–Crippen LogP) is 3.86. The molecule has 3 aliphatic rings. The van der Waals surface area contributed by atoms with Crippen LogP contribution in [0.25, 0.3) is 0 Å². The molecule has 0 radical (unpaired) electrons. The van der Waals surface area contributed by atoms with E-state index in [0.717, 1.165) is 24.1 Å². The lowest BCUT2D eigenvalue weighted by atomic mass is 9.97. The van der Waals surface area contributed by atoms with Crippen molar-refractivity contribution >= 4 is 33.2 Å². The maximum absolute atomic E-state index is 13.4. The number of benzene rings is 2. The number of sulfonamides is 1. The molecule has 186 valence electrons. The summed E-state index contributed by atoms with van der Waals surface area (Å²) in [4.78, 5) is 27.5. The second kappa shape index (κ2) is 9.02. The minimum atomic E-state index is -3.71. The highest BCUT2D eigenvalue weighted by Gasteiger charge is 2.40. The molecule has 0 bridgehead atoms. The predicted molar refractivity (Wildman–Crippen MR) is 131 cm³/mol. The first-order valence-corrected chi connectivity index (χ1v) is 13.6. The van der Waals surface area contributed by atoms with E-state index < -0.39 is 10.0 Å². The van der Waals surface area contributed by atoms with Crippen molar-refractivity contribution < 1.29 is 22.4 Å². The Hall–Kier alpha value is -2.78. The molecule has 2 aromatic carbocycles. The minimum absolute atomic E-state index is 0.0232. The quantitative estimate of drug-likeness (QED) is 0.677. The molecule has 1 N–H and O–H groups in total. The molecule has 2 amide bonds. The van der Waals surface area contributed by atoms with Gasteiger partial charge in [-0.05, 0) is 93.5 Å². The van der Waals surface area contributed by atoms with Crippen molar-refractivity contribution in [3.63, 3.8) is 0 Å². The van der Waals surface area contributed by atoms with Gasteiger partial charge in [-0.1, -0.05) is 0 Å². The SMILES string of the molecule is Cc1cc(F)ccc1NC(=O)C1CCN(S(=O)(=O)c2ccc3c(c2)CC(C)N3C(=O)C2CC2)CC1. The Morgan fingerprint density at radius 3 is 2.37 bits per heavy atom. The smallest absolute Gasteiger partial charge is 0.243 e. The third-order valence-corrected chi connectivity index (χ3v) is 9.23. The van der Waals surface area contributed by atoms with Crippen LogP contribution in [0.4, 0.5) is 15.8 Å². The van der Waals surface area contributed by atoms with Crippen LogP contribution in [0.3, 0.4) is 0 Å². The molecule has 9 heteroatoms. The van der Waals surface area contributed by atoms with Gasteiger partial charge in [-0.25, -0.2) is 12.8 Å². The number of aryl methyl sites for hydroxylation is 1. The van der Waals surface area contributed by atoms with E-state index in [1.165, 1.54) is 22.5 Å². The van der Waals surface area contributed by atoms with Crippen molar-refractivity contribution in [3.05, 3.63) is 53.3 Å². The number of nitrogens with one attached hydrogen (secondary N) is 1. The topological polar surface area (TPSA) is 86.8 Å². The lowest BCUT2D eigenvalue weighted by Gasteiger charge is -2.30. The molecule has 1 unspecified atom stereocenters. The standard InChI is InChI=1S/C26H30FN3O4S/c1-16-13-21(27)5-7-23(16)28-25(31)18-9-11-29(12-10-18)35(33,34)22-6-8-24-20(15-22)14-17(2)30(24)26(32)19-3-4-19/h5-8,13,15,17-19H,3-4,9-12,14H2,1-2H3,(H,28,31). The zero-order valence-electron chi connectivity index (χ0n) is 20.0. The van der Waals surface area contributed by atoms with Crippen LogP contribution in [0, 0.1) is 24.6 Å². The van der Waals surface area contributed by atoms with Crippen molar-refractivity contribution in [2.75, 3.05) is 23.3 Å². The highest BCUT2D eigenvalue weighted by atomic mass is 32.2. The lowest BCUT2D eigenvalue weighted by Crippen LogP contribution is -2.41. The summed E-state index contributed by atoms with van der Waals surface area (Å²) in [6.45, 7) is 4.23. The van der Waals surface area contributed by atoms with Crippen molar-refractivity contribution in [2.24, 2.45) is 11.8 Å². The number of carbonyl (C=O) groups is 2. The second-order valence-electron chi connectivity index (χ2n) is 9.95. The van der Waals surface area contributed by atoms with Gasteiger partial charge in [-0.15, -0.1) is 0 Å². The number of rotatable bonds is 5. The molecule has 5 rings (SSSR count). The van der Waals surface area contributed by atoms with Crippen LogP contribution in [0.5, 0.6) is 0 Å². The van der Waals surface area contributed by atoms with Crippen LogP contribution in [0.15, 0.2) is 41.3 Å². The fourth-order valence-corrected chi connectivity index (χ4v) is 6.66. The van der Waals surface area contributed by atoms with Crippen LogP contribution in [-0.2, 0) is 26.0 Å². The fourth-order valence-electron chi connectivity index (χ4n) is 5.14. The number of halogens is 1. The van der Waals surface area contributed by atoms with E-state index in [9.17, 15) is 22.4 Å². The molecule has 1 saturated carbocycles. The first-order valence-electron chi connectivity index (χ1n) is 12.2. The summed E-state index contributed by atoms with van der Waals surface area (Å²) in [5.41, 5.74) is 2.91. The summed E-state index contributed by atoms with van der Waals surface area (Å²) in [5.74, 6) is -0.597. The molecule has 2 aliphatic heterocycles. The maximum atomic E-state index is 13.4. The summed E-state index contributed by atoms with van der Waals surface area (Å²) >= 11 is 0. The Morgan fingerprint density at radius 1 is 1.00 bits per heavy atom. The number of hydrogen-bond acceptors (Lipinski definition) is 4. The molecule has 35 heavy (non-hydrogen) atoms. The first kappa shape index (κ1) is 23.9. The largest absolute Gasteiger partial charge is 0.326 e. The third kappa shape index (κ3) is 4.59. The van der Waals surface area contributed by atoms with Crippen molar-refractivity contribution in [2.45, 2.75) is 56.9 Å². The Bertz CT molecular complexity index is 1280. The molecule has 1 saturated heterocycles. The number of nitrogens with zero attached hydrogens (tertiary/aromatic N) is 2. The molecule has 7 nitrogen and oxygen atoms in total. The zero-order valence-corrected chi connectivity index (χ0v) is 20.8. The highest BCUT2D eigenvalue weighted by Crippen LogP contribution is 2.40. The van der Waals surface area contributed by atoms with Gasteiger partial charge in [-0.2, -0.15) is 4.31 Å². The average molecular weight is 500 g/mol. The molecular formula is C26H30FN3O4S. The third-order valence-electron chi connectivity index (χ3n) is 7.34. The highest BCUT2D eigenvalue weighted by molar-refractivity contribution is 7.89. The number of anilines is 2. The number of amides is 2. The zero-order chi connectivity index (χ0) is 24.9. The van der Waals surface area contributed by atoms with Crippen LogP contribution in [-0.4, -0.2) is 43.7 Å². The van der Waals surface area contributed by atoms with Gasteiger partial charge in [0, 0.05) is 42.3 Å². The molecule has 1 atom stereocenters. The Morgan fingerprint density at radius 2 is 1.71 bits per heavy atom. The van der Waals surface area contributed by atoms with Crippen molar-refractivity contribution in [1.82, 2.24) is 4.31 Å². The van der Waals surface area contributed by atoms with Gasteiger partial charge in [0.15, 0.2) is 0 Å². The van der Waals surface area contributed by atoms with Crippen molar-refractivity contribution in [1.29, 1.82) is 0 Å². The van der Waals surface area contributed by atoms with E-state index in [1.54, 1.807) is 25.1 Å². The van der Waals surface area contributed by atoms with Gasteiger partial charge in [0.1, 0.15) is 5.82 Å². The number of fused-ring (bicyclic) bond motifs is 1. The molecule has 1 aliphatic carbocycles. The summed E-state index contributed by atoms with van der Waals surface area (Å²) < 4.78 is 41.5. The number of piperidine rings is 1. The molecule has 2 heterocycles. The average Bonchev–Trinajstić information content (AvgIpc) is 3.62. The Balaban J connectivity index is 1.25. The van der Waals surface area contributed by atoms with Crippen LogP contribution >= 0.6 is 0 Å². The maximum Gasteiger partial charge on any atom is 0.243 e. The molecule has 2 fully saturated rings. The Kier molecular flexibility index (Phi) is 6.17. The van der Waals surface area contributed by atoms with E-state index in [1.807, 2.05) is 11.8 Å². The van der Waals surface area contributed by atoms with Gasteiger partial charge in [-0.3, -0.25) is 9.59 Å². The van der Waals surface area contributed by atoms with Gasteiger partial charge in [0.25, 0.3) is 0 Å². The van der Waals surface area contributed by atoms with Gasteiger partial charge in [0.2, 0.25) is 21.8 Å². The lowest BCUT2D eigenvalue weighted by molar-refractivity contribution is -0.121. The molecule has 2 aromatic rings.